The van der Waals surface area contributed by atoms with Crippen LogP contribution in [0.1, 0.15) is 19.3 Å². The minimum atomic E-state index is -0.177. The molecule has 13 heavy (non-hydrogen) atoms. The zero-order valence-corrected chi connectivity index (χ0v) is 7.70. The molecule has 1 amide bonds. The van der Waals surface area contributed by atoms with Crippen LogP contribution in [0, 0.1) is 0 Å². The van der Waals surface area contributed by atoms with Crippen molar-refractivity contribution in [1.82, 2.24) is 10.3 Å². The first kappa shape index (κ1) is 10.4. The van der Waals surface area contributed by atoms with Gasteiger partial charge in [0.2, 0.25) is 5.91 Å². The molecule has 0 aromatic heterocycles. The van der Waals surface area contributed by atoms with Gasteiger partial charge in [0, 0.05) is 19.5 Å². The Balaban J connectivity index is 2.03. The van der Waals surface area contributed by atoms with Crippen molar-refractivity contribution in [3.8, 4) is 0 Å². The van der Waals surface area contributed by atoms with Crippen LogP contribution in [0.25, 0.3) is 0 Å². The van der Waals surface area contributed by atoms with Crippen LogP contribution in [0.15, 0.2) is 0 Å². The molecule has 1 heterocycles. The van der Waals surface area contributed by atoms with Crippen molar-refractivity contribution in [3.63, 3.8) is 0 Å². The number of β-amino-alcohol motifs (C(OH)–C–C–N with tert-alkyl or cyclic N) is 1. The molecule has 5 heteroatoms. The van der Waals surface area contributed by atoms with Crippen molar-refractivity contribution in [2.24, 2.45) is 5.84 Å². The molecule has 0 spiro atoms. The Kier molecular flexibility index (Phi) is 4.14. The third kappa shape index (κ3) is 3.71. The Morgan fingerprint density at radius 2 is 2.46 bits per heavy atom. The summed E-state index contributed by atoms with van der Waals surface area (Å²) in [7, 11) is 0. The van der Waals surface area contributed by atoms with E-state index >= 15 is 0 Å². The van der Waals surface area contributed by atoms with E-state index in [4.69, 9.17) is 5.84 Å². The zero-order chi connectivity index (χ0) is 9.68. The van der Waals surface area contributed by atoms with Gasteiger partial charge in [0.1, 0.15) is 0 Å². The van der Waals surface area contributed by atoms with Gasteiger partial charge in [-0.15, -0.1) is 0 Å². The number of amides is 1. The van der Waals surface area contributed by atoms with Crippen LogP contribution in [0.3, 0.4) is 0 Å². The lowest BCUT2D eigenvalue weighted by Crippen LogP contribution is -2.31. The summed E-state index contributed by atoms with van der Waals surface area (Å²) >= 11 is 0. The Morgan fingerprint density at radius 3 is 3.00 bits per heavy atom. The van der Waals surface area contributed by atoms with Gasteiger partial charge in [0.25, 0.3) is 0 Å². The van der Waals surface area contributed by atoms with Gasteiger partial charge in [-0.25, -0.2) is 5.84 Å². The number of nitrogens with one attached hydrogen (secondary N) is 1. The Bertz CT molecular complexity index is 175. The largest absolute Gasteiger partial charge is 0.392 e. The molecular formula is C8H17N3O2. The predicted molar refractivity (Wildman–Crippen MR) is 48.6 cm³/mol. The Hall–Kier alpha value is -0.650. The highest BCUT2D eigenvalue weighted by Crippen LogP contribution is 2.09. The average Bonchev–Trinajstić information content (AvgIpc) is 2.51. The first-order valence-corrected chi connectivity index (χ1v) is 4.62. The van der Waals surface area contributed by atoms with Gasteiger partial charge in [-0.3, -0.25) is 10.2 Å². The topological polar surface area (TPSA) is 78.6 Å². The first-order chi connectivity index (χ1) is 6.22. The SMILES string of the molecule is NNC(=O)CCCN1CCC(O)C1. The smallest absolute Gasteiger partial charge is 0.233 e. The number of likely N-dealkylation sites (tertiary alicyclic amines) is 1. The lowest BCUT2D eigenvalue weighted by molar-refractivity contribution is -0.121. The van der Waals surface area contributed by atoms with Gasteiger partial charge in [-0.1, -0.05) is 0 Å². The number of hydrazine groups is 1. The van der Waals surface area contributed by atoms with E-state index in [1.807, 2.05) is 0 Å². The fourth-order valence-corrected chi connectivity index (χ4v) is 1.55. The Morgan fingerprint density at radius 1 is 1.69 bits per heavy atom. The molecule has 1 aliphatic rings. The van der Waals surface area contributed by atoms with E-state index in [-0.39, 0.29) is 12.0 Å². The standard InChI is InChI=1S/C8H17N3O2/c9-10-8(13)2-1-4-11-5-3-7(12)6-11/h7,12H,1-6,9H2,(H,10,13). The van der Waals surface area contributed by atoms with Crippen molar-refractivity contribution in [2.75, 3.05) is 19.6 Å². The van der Waals surface area contributed by atoms with E-state index in [1.54, 1.807) is 0 Å². The van der Waals surface area contributed by atoms with Crippen LogP contribution >= 0.6 is 0 Å². The minimum absolute atomic E-state index is 0.125. The highest BCUT2D eigenvalue weighted by Gasteiger charge is 2.19. The number of nitrogens with two attached hydrogens (primary N) is 1. The summed E-state index contributed by atoms with van der Waals surface area (Å²) in [6, 6.07) is 0. The molecule has 1 aliphatic heterocycles. The van der Waals surface area contributed by atoms with Crippen LogP contribution in [-0.2, 0) is 4.79 Å². The molecule has 0 saturated carbocycles. The second kappa shape index (κ2) is 5.16. The summed E-state index contributed by atoms with van der Waals surface area (Å²) in [5.74, 6) is 4.81. The fourth-order valence-electron chi connectivity index (χ4n) is 1.55. The molecule has 76 valence electrons. The summed E-state index contributed by atoms with van der Waals surface area (Å²) in [4.78, 5) is 12.9. The van der Waals surface area contributed by atoms with Gasteiger partial charge < -0.3 is 10.0 Å². The van der Waals surface area contributed by atoms with Gasteiger partial charge >= 0.3 is 0 Å². The molecule has 0 aromatic rings. The molecule has 0 aromatic carbocycles. The van der Waals surface area contributed by atoms with Crippen molar-refractivity contribution in [3.05, 3.63) is 0 Å². The molecule has 1 fully saturated rings. The molecule has 4 N–H and O–H groups in total. The molecule has 1 unspecified atom stereocenters. The maximum atomic E-state index is 10.7. The molecule has 1 rings (SSSR count). The Labute approximate surface area is 77.9 Å². The predicted octanol–water partition coefficient (Wildman–Crippen LogP) is -1.18. The van der Waals surface area contributed by atoms with Gasteiger partial charge in [0.15, 0.2) is 0 Å². The quantitative estimate of drug-likeness (QED) is 0.294. The molecule has 1 saturated heterocycles. The maximum absolute atomic E-state index is 10.7. The monoisotopic (exact) mass is 187 g/mol. The molecule has 1 atom stereocenters. The number of hydrogen-bond donors (Lipinski definition) is 3. The van der Waals surface area contributed by atoms with E-state index in [2.05, 4.69) is 10.3 Å². The number of carbonyl (C=O) groups is 1. The summed E-state index contributed by atoms with van der Waals surface area (Å²) in [5.41, 5.74) is 2.09. The van der Waals surface area contributed by atoms with Crippen molar-refractivity contribution in [2.45, 2.75) is 25.4 Å². The number of aliphatic hydroxyl groups excluding tert-OH is 1. The van der Waals surface area contributed by atoms with Crippen LogP contribution in [0.5, 0.6) is 0 Å². The second-order valence-corrected chi connectivity index (χ2v) is 3.41. The zero-order valence-electron chi connectivity index (χ0n) is 7.70. The average molecular weight is 187 g/mol. The molecule has 0 aliphatic carbocycles. The number of hydrogen-bond acceptors (Lipinski definition) is 4. The number of nitrogens with zero attached hydrogens (tertiary/aromatic N) is 1. The van der Waals surface area contributed by atoms with Gasteiger partial charge in [-0.05, 0) is 19.4 Å². The third-order valence-corrected chi connectivity index (χ3v) is 2.29. The van der Waals surface area contributed by atoms with Crippen molar-refractivity contribution in [1.29, 1.82) is 0 Å². The maximum Gasteiger partial charge on any atom is 0.233 e. The van der Waals surface area contributed by atoms with Crippen LogP contribution < -0.4 is 11.3 Å². The summed E-state index contributed by atoms with van der Waals surface area (Å²) in [6.07, 6.45) is 1.94. The second-order valence-electron chi connectivity index (χ2n) is 3.41. The molecule has 0 bridgehead atoms. The summed E-state index contributed by atoms with van der Waals surface area (Å²) in [6.45, 7) is 2.54. The molecular weight excluding hydrogens is 170 g/mol. The van der Waals surface area contributed by atoms with Gasteiger partial charge in [-0.2, -0.15) is 0 Å². The number of carbonyl (C=O) groups excluding carboxylic acids is 1. The van der Waals surface area contributed by atoms with E-state index < -0.39 is 0 Å². The lowest BCUT2D eigenvalue weighted by Gasteiger charge is -2.13. The lowest BCUT2D eigenvalue weighted by atomic mass is 10.3. The van der Waals surface area contributed by atoms with E-state index in [0.29, 0.717) is 6.42 Å². The number of aliphatic hydroxyl groups is 1. The van der Waals surface area contributed by atoms with E-state index in [9.17, 15) is 9.90 Å². The molecule has 5 nitrogen and oxygen atoms in total. The number of rotatable bonds is 4. The minimum Gasteiger partial charge on any atom is -0.392 e. The van der Waals surface area contributed by atoms with Crippen molar-refractivity contribution >= 4 is 5.91 Å². The van der Waals surface area contributed by atoms with Crippen LogP contribution in [-0.4, -0.2) is 41.7 Å². The van der Waals surface area contributed by atoms with E-state index in [0.717, 1.165) is 32.5 Å². The van der Waals surface area contributed by atoms with Crippen LogP contribution in [0.4, 0.5) is 0 Å². The van der Waals surface area contributed by atoms with Crippen molar-refractivity contribution < 1.29 is 9.90 Å². The highest BCUT2D eigenvalue weighted by atomic mass is 16.3. The first-order valence-electron chi connectivity index (χ1n) is 4.62. The van der Waals surface area contributed by atoms with Crippen LogP contribution in [0.2, 0.25) is 0 Å². The van der Waals surface area contributed by atoms with E-state index in [1.165, 1.54) is 0 Å². The summed E-state index contributed by atoms with van der Waals surface area (Å²) in [5, 5.41) is 9.21. The molecule has 0 radical (unpaired) electrons. The third-order valence-electron chi connectivity index (χ3n) is 2.29. The highest BCUT2D eigenvalue weighted by molar-refractivity contribution is 5.75. The fraction of sp³-hybridized carbons (Fsp3) is 0.875. The normalized spacial score (nSPS) is 23.4. The van der Waals surface area contributed by atoms with Gasteiger partial charge in [0.05, 0.1) is 6.10 Å². The summed E-state index contributed by atoms with van der Waals surface area (Å²) < 4.78 is 0.